The molecule has 0 N–H and O–H groups in total. The van der Waals surface area contributed by atoms with Crippen molar-refractivity contribution >= 4 is 33.7 Å². The smallest absolute Gasteiger partial charge is 0.316 e. The lowest BCUT2D eigenvalue weighted by Crippen LogP contribution is -2.21. The van der Waals surface area contributed by atoms with Crippen molar-refractivity contribution in [2.75, 3.05) is 5.75 Å². The SMILES string of the molecule is O=C(CSc1nnc(COc2ccc(Br)cc2)o1)OC1CCCCC1. The van der Waals surface area contributed by atoms with Gasteiger partial charge in [-0.05, 0) is 49.9 Å². The minimum absolute atomic E-state index is 0.0689. The maximum absolute atomic E-state index is 11.9. The molecule has 6 nitrogen and oxygen atoms in total. The summed E-state index contributed by atoms with van der Waals surface area (Å²) in [6, 6.07) is 7.47. The molecule has 1 aromatic heterocycles. The summed E-state index contributed by atoms with van der Waals surface area (Å²) in [6.45, 7) is 0.182. The molecule has 8 heteroatoms. The molecule has 0 amide bonds. The van der Waals surface area contributed by atoms with Crippen LogP contribution in [0, 0.1) is 0 Å². The van der Waals surface area contributed by atoms with Gasteiger partial charge in [-0.2, -0.15) is 0 Å². The molecule has 0 aliphatic heterocycles. The highest BCUT2D eigenvalue weighted by Crippen LogP contribution is 2.22. The van der Waals surface area contributed by atoms with Crippen LogP contribution < -0.4 is 4.74 Å². The highest BCUT2D eigenvalue weighted by atomic mass is 79.9. The molecule has 1 saturated carbocycles. The molecule has 2 aromatic rings. The van der Waals surface area contributed by atoms with E-state index in [2.05, 4.69) is 26.1 Å². The van der Waals surface area contributed by atoms with E-state index in [9.17, 15) is 4.79 Å². The molecule has 134 valence electrons. The summed E-state index contributed by atoms with van der Waals surface area (Å²) in [5.74, 6) is 1.02. The first-order chi connectivity index (χ1) is 12.2. The molecule has 0 saturated heterocycles. The molecule has 0 radical (unpaired) electrons. The van der Waals surface area contributed by atoms with Crippen molar-refractivity contribution in [1.29, 1.82) is 0 Å². The van der Waals surface area contributed by atoms with Gasteiger partial charge in [0.15, 0.2) is 6.61 Å². The van der Waals surface area contributed by atoms with E-state index < -0.39 is 0 Å². The number of carbonyl (C=O) groups is 1. The zero-order valence-electron chi connectivity index (χ0n) is 13.7. The highest BCUT2D eigenvalue weighted by molar-refractivity contribution is 9.10. The van der Waals surface area contributed by atoms with Crippen molar-refractivity contribution in [3.05, 3.63) is 34.6 Å². The summed E-state index contributed by atoms with van der Waals surface area (Å²) in [5.41, 5.74) is 0. The maximum atomic E-state index is 11.9. The number of aromatic nitrogens is 2. The number of carbonyl (C=O) groups excluding carboxylic acids is 1. The zero-order valence-corrected chi connectivity index (χ0v) is 16.1. The Morgan fingerprint density at radius 3 is 2.72 bits per heavy atom. The molecular formula is C17H19BrN2O4S. The average Bonchev–Trinajstić information content (AvgIpc) is 3.08. The topological polar surface area (TPSA) is 74.5 Å². The number of halogens is 1. The highest BCUT2D eigenvalue weighted by Gasteiger charge is 2.18. The van der Waals surface area contributed by atoms with Gasteiger partial charge in [0.1, 0.15) is 17.6 Å². The first-order valence-electron chi connectivity index (χ1n) is 8.22. The Hall–Kier alpha value is -1.54. The van der Waals surface area contributed by atoms with Gasteiger partial charge in [-0.1, -0.05) is 34.1 Å². The third-order valence-corrected chi connectivity index (χ3v) is 5.11. The van der Waals surface area contributed by atoms with Gasteiger partial charge in [0.2, 0.25) is 0 Å². The first kappa shape index (κ1) is 18.3. The molecule has 1 aliphatic rings. The lowest BCUT2D eigenvalue weighted by atomic mass is 9.98. The minimum Gasteiger partial charge on any atom is -0.484 e. The quantitative estimate of drug-likeness (QED) is 0.480. The maximum Gasteiger partial charge on any atom is 0.316 e. The van der Waals surface area contributed by atoms with Gasteiger partial charge in [-0.3, -0.25) is 4.79 Å². The second-order valence-corrected chi connectivity index (χ2v) is 7.59. The van der Waals surface area contributed by atoms with Gasteiger partial charge in [-0.15, -0.1) is 10.2 Å². The van der Waals surface area contributed by atoms with Crippen LogP contribution in [0.3, 0.4) is 0 Å². The fourth-order valence-electron chi connectivity index (χ4n) is 2.55. The standard InChI is InChI=1S/C17H19BrN2O4S/c18-12-6-8-13(9-7-12)22-10-15-19-20-17(24-15)25-11-16(21)23-14-4-2-1-3-5-14/h6-9,14H,1-5,10-11H2. The Labute approximate surface area is 158 Å². The summed E-state index contributed by atoms with van der Waals surface area (Å²) in [4.78, 5) is 11.9. The molecule has 1 heterocycles. The van der Waals surface area contributed by atoms with Crippen molar-refractivity contribution in [2.45, 2.75) is 50.0 Å². The van der Waals surface area contributed by atoms with Crippen LogP contribution in [-0.2, 0) is 16.1 Å². The van der Waals surface area contributed by atoms with E-state index in [1.807, 2.05) is 24.3 Å². The third kappa shape index (κ3) is 6.04. The predicted molar refractivity (Wildman–Crippen MR) is 96.5 cm³/mol. The van der Waals surface area contributed by atoms with Crippen LogP contribution in [0.2, 0.25) is 0 Å². The zero-order chi connectivity index (χ0) is 17.5. The second kappa shape index (κ2) is 9.24. The van der Waals surface area contributed by atoms with Crippen molar-refractivity contribution in [3.63, 3.8) is 0 Å². The second-order valence-electron chi connectivity index (χ2n) is 5.74. The molecule has 25 heavy (non-hydrogen) atoms. The van der Waals surface area contributed by atoms with Gasteiger partial charge >= 0.3 is 5.97 Å². The molecular weight excluding hydrogens is 408 g/mol. The lowest BCUT2D eigenvalue weighted by Gasteiger charge is -2.21. The molecule has 0 atom stereocenters. The molecule has 3 rings (SSSR count). The fraction of sp³-hybridized carbons (Fsp3) is 0.471. The Morgan fingerprint density at radius 2 is 1.96 bits per heavy atom. The molecule has 0 unspecified atom stereocenters. The van der Waals surface area contributed by atoms with Crippen LogP contribution in [0.5, 0.6) is 5.75 Å². The largest absolute Gasteiger partial charge is 0.484 e. The molecule has 1 aliphatic carbocycles. The Kier molecular flexibility index (Phi) is 6.75. The van der Waals surface area contributed by atoms with Crippen molar-refractivity contribution < 1.29 is 18.7 Å². The number of hydrogen-bond acceptors (Lipinski definition) is 7. The van der Waals surface area contributed by atoms with E-state index in [1.54, 1.807) is 0 Å². The monoisotopic (exact) mass is 426 g/mol. The fourth-order valence-corrected chi connectivity index (χ4v) is 3.38. The van der Waals surface area contributed by atoms with Crippen molar-refractivity contribution in [1.82, 2.24) is 10.2 Å². The van der Waals surface area contributed by atoms with E-state index in [0.717, 1.165) is 30.2 Å². The van der Waals surface area contributed by atoms with Gasteiger partial charge in [0.05, 0.1) is 0 Å². The normalized spacial score (nSPS) is 15.1. The number of esters is 1. The molecule has 0 spiro atoms. The van der Waals surface area contributed by atoms with Gasteiger partial charge in [0.25, 0.3) is 11.1 Å². The molecule has 1 fully saturated rings. The summed E-state index contributed by atoms with van der Waals surface area (Å²) in [7, 11) is 0. The summed E-state index contributed by atoms with van der Waals surface area (Å²) >= 11 is 4.55. The Morgan fingerprint density at radius 1 is 1.20 bits per heavy atom. The van der Waals surface area contributed by atoms with Gasteiger partial charge < -0.3 is 13.9 Å². The number of thioether (sulfide) groups is 1. The minimum atomic E-state index is -0.234. The predicted octanol–water partition coefficient (Wildman–Crippen LogP) is 4.38. The number of benzene rings is 1. The van der Waals surface area contributed by atoms with Crippen molar-refractivity contribution in [3.8, 4) is 5.75 Å². The van der Waals surface area contributed by atoms with Crippen LogP contribution >= 0.6 is 27.7 Å². The summed E-state index contributed by atoms with van der Waals surface area (Å²) in [6.07, 6.45) is 5.51. The average molecular weight is 427 g/mol. The Bertz CT molecular complexity index is 686. The van der Waals surface area contributed by atoms with Crippen LogP contribution in [0.1, 0.15) is 38.0 Å². The first-order valence-corrected chi connectivity index (χ1v) is 10.00. The summed E-state index contributed by atoms with van der Waals surface area (Å²) in [5, 5.41) is 8.17. The molecule has 0 bridgehead atoms. The van der Waals surface area contributed by atoms with Crippen LogP contribution in [-0.4, -0.2) is 28.0 Å². The number of rotatable bonds is 7. The molecule has 1 aromatic carbocycles. The van der Waals surface area contributed by atoms with Crippen LogP contribution in [0.4, 0.5) is 0 Å². The number of ether oxygens (including phenoxy) is 2. The van der Waals surface area contributed by atoms with E-state index in [0.29, 0.717) is 16.9 Å². The number of nitrogens with zero attached hydrogens (tertiary/aromatic N) is 2. The van der Waals surface area contributed by atoms with E-state index in [4.69, 9.17) is 13.9 Å². The van der Waals surface area contributed by atoms with E-state index in [1.165, 1.54) is 18.2 Å². The lowest BCUT2D eigenvalue weighted by molar-refractivity contribution is -0.147. The van der Waals surface area contributed by atoms with Gasteiger partial charge in [0, 0.05) is 4.47 Å². The van der Waals surface area contributed by atoms with Gasteiger partial charge in [-0.25, -0.2) is 0 Å². The Balaban J connectivity index is 1.40. The van der Waals surface area contributed by atoms with E-state index in [-0.39, 0.29) is 24.4 Å². The van der Waals surface area contributed by atoms with Crippen LogP contribution in [0.15, 0.2) is 38.4 Å². The van der Waals surface area contributed by atoms with Crippen LogP contribution in [0.25, 0.3) is 0 Å². The summed E-state index contributed by atoms with van der Waals surface area (Å²) < 4.78 is 17.5. The van der Waals surface area contributed by atoms with E-state index >= 15 is 0 Å². The third-order valence-electron chi connectivity index (χ3n) is 3.79. The number of hydrogen-bond donors (Lipinski definition) is 0. The van der Waals surface area contributed by atoms with Crippen molar-refractivity contribution in [2.24, 2.45) is 0 Å².